The van der Waals surface area contributed by atoms with Crippen LogP contribution in [0.15, 0.2) is 36.5 Å². The van der Waals surface area contributed by atoms with Crippen molar-refractivity contribution in [3.05, 3.63) is 42.1 Å². The van der Waals surface area contributed by atoms with E-state index in [0.717, 1.165) is 5.39 Å². The summed E-state index contributed by atoms with van der Waals surface area (Å²) in [5, 5.41) is 0.913. The number of hydrogen-bond donors (Lipinski definition) is 2. The Hall–Kier alpha value is -1.59. The quantitative estimate of drug-likeness (QED) is 0.618. The van der Waals surface area contributed by atoms with Crippen molar-refractivity contribution in [3.63, 3.8) is 0 Å². The van der Waals surface area contributed by atoms with Gasteiger partial charge in [-0.3, -0.25) is 10.8 Å². The molecular weight excluding hydrogens is 212 g/mol. The lowest BCUT2D eigenvalue weighted by Crippen LogP contribution is -2.32. The Morgan fingerprint density at radius 1 is 1.25 bits per heavy atom. The first kappa shape index (κ1) is 10.9. The number of benzene rings is 1. The molecule has 0 aliphatic heterocycles. The SMILES string of the molecule is NNC(c1ccc2cccnc2c1)C(F)F. The van der Waals surface area contributed by atoms with E-state index < -0.39 is 12.5 Å². The first-order valence-electron chi connectivity index (χ1n) is 4.81. The predicted octanol–water partition coefficient (Wildman–Crippen LogP) is 2.00. The third-order valence-corrected chi connectivity index (χ3v) is 2.42. The van der Waals surface area contributed by atoms with Gasteiger partial charge in [0.05, 0.1) is 5.52 Å². The number of nitrogens with one attached hydrogen (secondary N) is 1. The number of rotatable bonds is 3. The van der Waals surface area contributed by atoms with Crippen LogP contribution in [-0.4, -0.2) is 11.4 Å². The molecule has 1 aromatic carbocycles. The molecule has 2 aromatic rings. The van der Waals surface area contributed by atoms with E-state index >= 15 is 0 Å². The highest BCUT2D eigenvalue weighted by atomic mass is 19.3. The number of nitrogens with two attached hydrogens (primary N) is 1. The number of pyridine rings is 1. The van der Waals surface area contributed by atoms with Gasteiger partial charge in [0.15, 0.2) is 0 Å². The topological polar surface area (TPSA) is 50.9 Å². The molecule has 1 unspecified atom stereocenters. The van der Waals surface area contributed by atoms with E-state index in [-0.39, 0.29) is 0 Å². The fourth-order valence-corrected chi connectivity index (χ4v) is 1.59. The lowest BCUT2D eigenvalue weighted by molar-refractivity contribution is 0.0987. The second-order valence-electron chi connectivity index (χ2n) is 3.43. The van der Waals surface area contributed by atoms with Crippen LogP contribution in [0.25, 0.3) is 10.9 Å². The summed E-state index contributed by atoms with van der Waals surface area (Å²) in [5.74, 6) is 5.10. The average Bonchev–Trinajstić information content (AvgIpc) is 2.29. The van der Waals surface area contributed by atoms with Gasteiger partial charge in [-0.05, 0) is 17.7 Å². The van der Waals surface area contributed by atoms with Gasteiger partial charge in [-0.2, -0.15) is 0 Å². The minimum absolute atomic E-state index is 0.434. The van der Waals surface area contributed by atoms with Crippen molar-refractivity contribution >= 4 is 10.9 Å². The molecule has 0 bridgehead atoms. The number of hydrogen-bond acceptors (Lipinski definition) is 3. The summed E-state index contributed by atoms with van der Waals surface area (Å²) in [7, 11) is 0. The van der Waals surface area contributed by atoms with E-state index in [0.29, 0.717) is 11.1 Å². The zero-order valence-corrected chi connectivity index (χ0v) is 8.40. The van der Waals surface area contributed by atoms with E-state index in [4.69, 9.17) is 5.84 Å². The Bertz CT molecular complexity index is 487. The van der Waals surface area contributed by atoms with Crippen LogP contribution in [-0.2, 0) is 0 Å². The molecule has 0 amide bonds. The largest absolute Gasteiger partial charge is 0.271 e. The second-order valence-corrected chi connectivity index (χ2v) is 3.43. The molecule has 0 radical (unpaired) electrons. The van der Waals surface area contributed by atoms with Crippen LogP contribution in [0, 0.1) is 0 Å². The summed E-state index contributed by atoms with van der Waals surface area (Å²) < 4.78 is 25.2. The molecule has 0 spiro atoms. The number of aromatic nitrogens is 1. The number of halogens is 2. The van der Waals surface area contributed by atoms with Crippen LogP contribution in [0.3, 0.4) is 0 Å². The molecule has 5 heteroatoms. The fraction of sp³-hybridized carbons (Fsp3) is 0.182. The third kappa shape index (κ3) is 2.00. The van der Waals surface area contributed by atoms with E-state index in [1.807, 2.05) is 6.07 Å². The molecule has 1 heterocycles. The van der Waals surface area contributed by atoms with E-state index in [1.54, 1.807) is 30.5 Å². The molecule has 84 valence electrons. The number of nitrogens with zero attached hydrogens (tertiary/aromatic N) is 1. The van der Waals surface area contributed by atoms with Crippen molar-refractivity contribution in [2.75, 3.05) is 0 Å². The summed E-state index contributed by atoms with van der Waals surface area (Å²) >= 11 is 0. The van der Waals surface area contributed by atoms with Gasteiger partial charge in [0.25, 0.3) is 6.43 Å². The van der Waals surface area contributed by atoms with Gasteiger partial charge >= 0.3 is 0 Å². The van der Waals surface area contributed by atoms with Gasteiger partial charge in [-0.1, -0.05) is 18.2 Å². The molecule has 1 aromatic heterocycles. The van der Waals surface area contributed by atoms with Gasteiger partial charge < -0.3 is 0 Å². The Morgan fingerprint density at radius 3 is 2.75 bits per heavy atom. The van der Waals surface area contributed by atoms with Crippen molar-refractivity contribution in [2.24, 2.45) is 5.84 Å². The standard InChI is InChI=1S/C11H11F2N3/c12-11(13)10(16-14)8-4-3-7-2-1-5-15-9(7)6-8/h1-6,10-11,16H,14H2. The maximum absolute atomic E-state index is 12.6. The molecule has 16 heavy (non-hydrogen) atoms. The summed E-state index contributed by atoms with van der Waals surface area (Å²) in [6.07, 6.45) is -0.925. The Labute approximate surface area is 91.3 Å². The summed E-state index contributed by atoms with van der Waals surface area (Å²) in [6.45, 7) is 0. The zero-order valence-electron chi connectivity index (χ0n) is 8.40. The summed E-state index contributed by atoms with van der Waals surface area (Å²) in [5.41, 5.74) is 3.22. The fourth-order valence-electron chi connectivity index (χ4n) is 1.59. The highest BCUT2D eigenvalue weighted by Crippen LogP contribution is 2.22. The summed E-state index contributed by atoms with van der Waals surface area (Å²) in [4.78, 5) is 4.10. The van der Waals surface area contributed by atoms with Crippen molar-refractivity contribution in [1.82, 2.24) is 10.4 Å². The first-order chi connectivity index (χ1) is 7.72. The van der Waals surface area contributed by atoms with E-state index in [9.17, 15) is 8.78 Å². The van der Waals surface area contributed by atoms with Gasteiger partial charge in [0, 0.05) is 11.6 Å². The van der Waals surface area contributed by atoms with Gasteiger partial charge in [0.1, 0.15) is 6.04 Å². The molecule has 0 saturated heterocycles. The summed E-state index contributed by atoms with van der Waals surface area (Å²) in [6, 6.07) is 7.51. The Morgan fingerprint density at radius 2 is 2.06 bits per heavy atom. The van der Waals surface area contributed by atoms with Crippen molar-refractivity contribution in [3.8, 4) is 0 Å². The zero-order chi connectivity index (χ0) is 11.5. The smallest absolute Gasteiger partial charge is 0.259 e. The lowest BCUT2D eigenvalue weighted by Gasteiger charge is -2.15. The van der Waals surface area contributed by atoms with Gasteiger partial charge in [-0.15, -0.1) is 0 Å². The van der Waals surface area contributed by atoms with Crippen molar-refractivity contribution in [1.29, 1.82) is 0 Å². The highest BCUT2D eigenvalue weighted by Gasteiger charge is 2.20. The third-order valence-electron chi connectivity index (χ3n) is 2.42. The van der Waals surface area contributed by atoms with Crippen molar-refractivity contribution in [2.45, 2.75) is 12.5 Å². The van der Waals surface area contributed by atoms with Crippen LogP contribution in [0.4, 0.5) is 8.78 Å². The molecule has 1 atom stereocenters. The molecule has 0 fully saturated rings. The molecule has 0 aliphatic rings. The molecule has 2 rings (SSSR count). The molecule has 0 saturated carbocycles. The molecule has 0 aliphatic carbocycles. The van der Waals surface area contributed by atoms with E-state index in [1.165, 1.54) is 0 Å². The number of alkyl halides is 2. The monoisotopic (exact) mass is 223 g/mol. The maximum Gasteiger partial charge on any atom is 0.259 e. The van der Waals surface area contributed by atoms with Crippen LogP contribution in [0.2, 0.25) is 0 Å². The molecular formula is C11H11F2N3. The van der Waals surface area contributed by atoms with Crippen LogP contribution >= 0.6 is 0 Å². The first-order valence-corrected chi connectivity index (χ1v) is 4.81. The minimum atomic E-state index is -2.55. The second kappa shape index (κ2) is 4.51. The molecule has 3 nitrogen and oxygen atoms in total. The number of hydrazine groups is 1. The number of fused-ring (bicyclic) bond motifs is 1. The van der Waals surface area contributed by atoms with Gasteiger partial charge in [-0.25, -0.2) is 14.2 Å². The Balaban J connectivity index is 2.45. The van der Waals surface area contributed by atoms with Crippen LogP contribution in [0.5, 0.6) is 0 Å². The van der Waals surface area contributed by atoms with E-state index in [2.05, 4.69) is 10.4 Å². The van der Waals surface area contributed by atoms with Crippen LogP contribution in [0.1, 0.15) is 11.6 Å². The minimum Gasteiger partial charge on any atom is -0.271 e. The van der Waals surface area contributed by atoms with Gasteiger partial charge in [0.2, 0.25) is 0 Å². The Kier molecular flexibility index (Phi) is 3.07. The normalized spacial score (nSPS) is 13.2. The van der Waals surface area contributed by atoms with Crippen LogP contribution < -0.4 is 11.3 Å². The highest BCUT2D eigenvalue weighted by molar-refractivity contribution is 5.78. The lowest BCUT2D eigenvalue weighted by atomic mass is 10.1. The average molecular weight is 223 g/mol. The van der Waals surface area contributed by atoms with Crippen molar-refractivity contribution < 1.29 is 8.78 Å². The molecule has 3 N–H and O–H groups in total. The maximum atomic E-state index is 12.6. The predicted molar refractivity (Wildman–Crippen MR) is 57.8 cm³/mol.